The molecule has 94 valence electrons. The molecule has 0 bridgehead atoms. The zero-order valence-corrected chi connectivity index (χ0v) is 11.1. The van der Waals surface area contributed by atoms with Crippen LogP contribution < -0.4 is 5.73 Å². The van der Waals surface area contributed by atoms with Gasteiger partial charge in [0.1, 0.15) is 0 Å². The van der Waals surface area contributed by atoms with Crippen LogP contribution in [-0.2, 0) is 0 Å². The smallest absolute Gasteiger partial charge is 0.0235 e. The number of hydrogen-bond acceptors (Lipinski definition) is 3. The van der Waals surface area contributed by atoms with Crippen LogP contribution in [0, 0.1) is 5.92 Å². The lowest BCUT2D eigenvalue weighted by Crippen LogP contribution is -2.43. The fourth-order valence-electron chi connectivity index (χ4n) is 3.04. The quantitative estimate of drug-likeness (QED) is 0.765. The molecule has 16 heavy (non-hydrogen) atoms. The van der Waals surface area contributed by atoms with Gasteiger partial charge in [0, 0.05) is 31.2 Å². The van der Waals surface area contributed by atoms with Crippen molar-refractivity contribution >= 4 is 0 Å². The fraction of sp³-hybridized carbons (Fsp3) is 1.00. The lowest BCUT2D eigenvalue weighted by Gasteiger charge is -2.33. The second-order valence-electron chi connectivity index (χ2n) is 6.44. The van der Waals surface area contributed by atoms with Gasteiger partial charge in [0.15, 0.2) is 0 Å². The minimum Gasteiger partial charge on any atom is -0.330 e. The van der Waals surface area contributed by atoms with Crippen molar-refractivity contribution in [3.8, 4) is 0 Å². The van der Waals surface area contributed by atoms with E-state index in [-0.39, 0.29) is 0 Å². The second-order valence-corrected chi connectivity index (χ2v) is 6.44. The van der Waals surface area contributed by atoms with Gasteiger partial charge < -0.3 is 5.73 Å². The van der Waals surface area contributed by atoms with Crippen LogP contribution in [0.5, 0.6) is 0 Å². The molecule has 2 atom stereocenters. The molecule has 0 aromatic heterocycles. The standard InChI is InChI=1S/C13H27N3/c1-13(2,3)16-7-5-12(10-16)15-6-4-11(8-14)9-15/h11-12H,4-10,14H2,1-3H3. The van der Waals surface area contributed by atoms with Gasteiger partial charge in [0.05, 0.1) is 0 Å². The highest BCUT2D eigenvalue weighted by Crippen LogP contribution is 2.27. The number of nitrogens with two attached hydrogens (primary N) is 1. The van der Waals surface area contributed by atoms with Crippen molar-refractivity contribution in [1.29, 1.82) is 0 Å². The van der Waals surface area contributed by atoms with E-state index in [0.717, 1.165) is 18.5 Å². The van der Waals surface area contributed by atoms with Crippen LogP contribution >= 0.6 is 0 Å². The molecule has 2 heterocycles. The Morgan fingerprint density at radius 1 is 1.12 bits per heavy atom. The van der Waals surface area contributed by atoms with Crippen LogP contribution in [0.2, 0.25) is 0 Å². The highest BCUT2D eigenvalue weighted by molar-refractivity contribution is 4.92. The molecule has 0 amide bonds. The Morgan fingerprint density at radius 2 is 1.88 bits per heavy atom. The fourth-order valence-corrected chi connectivity index (χ4v) is 3.04. The van der Waals surface area contributed by atoms with Crippen molar-refractivity contribution in [2.75, 3.05) is 32.7 Å². The summed E-state index contributed by atoms with van der Waals surface area (Å²) in [7, 11) is 0. The summed E-state index contributed by atoms with van der Waals surface area (Å²) in [4.78, 5) is 5.29. The third kappa shape index (κ3) is 2.58. The van der Waals surface area contributed by atoms with Crippen LogP contribution in [0.4, 0.5) is 0 Å². The second kappa shape index (κ2) is 4.63. The molecule has 0 aromatic carbocycles. The molecular formula is C13H27N3. The van der Waals surface area contributed by atoms with E-state index in [1.807, 2.05) is 0 Å². The maximum atomic E-state index is 5.75. The molecule has 2 saturated heterocycles. The van der Waals surface area contributed by atoms with Gasteiger partial charge in [0.25, 0.3) is 0 Å². The Morgan fingerprint density at radius 3 is 2.38 bits per heavy atom. The molecule has 2 aliphatic heterocycles. The van der Waals surface area contributed by atoms with Crippen LogP contribution in [0.1, 0.15) is 33.6 Å². The molecule has 0 aliphatic carbocycles. The maximum Gasteiger partial charge on any atom is 0.0235 e. The Bertz CT molecular complexity index is 234. The van der Waals surface area contributed by atoms with Crippen molar-refractivity contribution < 1.29 is 0 Å². The Hall–Kier alpha value is -0.120. The van der Waals surface area contributed by atoms with E-state index in [1.165, 1.54) is 39.0 Å². The summed E-state index contributed by atoms with van der Waals surface area (Å²) in [5, 5.41) is 0. The highest BCUT2D eigenvalue weighted by Gasteiger charge is 2.35. The summed E-state index contributed by atoms with van der Waals surface area (Å²) < 4.78 is 0. The summed E-state index contributed by atoms with van der Waals surface area (Å²) in [6, 6.07) is 0.788. The lowest BCUT2D eigenvalue weighted by molar-refractivity contribution is 0.151. The van der Waals surface area contributed by atoms with E-state index < -0.39 is 0 Å². The molecule has 2 aliphatic rings. The molecule has 2 N–H and O–H groups in total. The first kappa shape index (κ1) is 12.3. The average Bonchev–Trinajstić information content (AvgIpc) is 2.85. The minimum absolute atomic E-state index is 0.335. The van der Waals surface area contributed by atoms with Crippen molar-refractivity contribution in [2.24, 2.45) is 11.7 Å². The monoisotopic (exact) mass is 225 g/mol. The van der Waals surface area contributed by atoms with Crippen molar-refractivity contribution in [3.63, 3.8) is 0 Å². The van der Waals surface area contributed by atoms with Crippen LogP contribution in [0.3, 0.4) is 0 Å². The first-order chi connectivity index (χ1) is 7.50. The third-order valence-corrected chi connectivity index (χ3v) is 4.28. The van der Waals surface area contributed by atoms with E-state index in [0.29, 0.717) is 5.54 Å². The normalized spacial score (nSPS) is 33.8. The van der Waals surface area contributed by atoms with E-state index in [9.17, 15) is 0 Å². The third-order valence-electron chi connectivity index (χ3n) is 4.28. The molecule has 0 radical (unpaired) electrons. The van der Waals surface area contributed by atoms with E-state index in [1.54, 1.807) is 0 Å². The minimum atomic E-state index is 0.335. The summed E-state index contributed by atoms with van der Waals surface area (Å²) in [5.74, 6) is 0.753. The van der Waals surface area contributed by atoms with Crippen LogP contribution in [0.15, 0.2) is 0 Å². The van der Waals surface area contributed by atoms with E-state index >= 15 is 0 Å². The van der Waals surface area contributed by atoms with Gasteiger partial charge in [-0.15, -0.1) is 0 Å². The number of rotatable bonds is 2. The lowest BCUT2D eigenvalue weighted by atomic mass is 10.1. The van der Waals surface area contributed by atoms with Gasteiger partial charge >= 0.3 is 0 Å². The number of likely N-dealkylation sites (tertiary alicyclic amines) is 2. The molecule has 2 rings (SSSR count). The van der Waals surface area contributed by atoms with Gasteiger partial charge in [-0.25, -0.2) is 0 Å². The van der Waals surface area contributed by atoms with Crippen molar-refractivity contribution in [2.45, 2.75) is 45.2 Å². The zero-order valence-electron chi connectivity index (χ0n) is 11.1. The maximum absolute atomic E-state index is 5.75. The Balaban J connectivity index is 1.85. The molecule has 0 saturated carbocycles. The SMILES string of the molecule is CC(C)(C)N1CCC(N2CCC(CN)C2)C1. The first-order valence-electron chi connectivity index (χ1n) is 6.70. The molecule has 0 spiro atoms. The summed E-state index contributed by atoms with van der Waals surface area (Å²) in [6.45, 7) is 12.8. The van der Waals surface area contributed by atoms with Crippen LogP contribution in [-0.4, -0.2) is 54.1 Å². The number of nitrogens with zero attached hydrogens (tertiary/aromatic N) is 2. The van der Waals surface area contributed by atoms with Crippen molar-refractivity contribution in [3.05, 3.63) is 0 Å². The average molecular weight is 225 g/mol. The van der Waals surface area contributed by atoms with Gasteiger partial charge in [-0.05, 0) is 52.6 Å². The summed E-state index contributed by atoms with van der Waals surface area (Å²) in [6.07, 6.45) is 2.65. The molecule has 2 fully saturated rings. The zero-order chi connectivity index (χ0) is 11.8. The van der Waals surface area contributed by atoms with Gasteiger partial charge in [-0.3, -0.25) is 9.80 Å². The predicted molar refractivity (Wildman–Crippen MR) is 68.5 cm³/mol. The molecule has 0 aromatic rings. The molecule has 2 unspecified atom stereocenters. The highest BCUT2D eigenvalue weighted by atomic mass is 15.3. The molecule has 3 heteroatoms. The number of hydrogen-bond donors (Lipinski definition) is 1. The predicted octanol–water partition coefficient (Wildman–Crippen LogP) is 1.14. The first-order valence-corrected chi connectivity index (χ1v) is 6.70. The topological polar surface area (TPSA) is 32.5 Å². The molecule has 3 nitrogen and oxygen atoms in total. The van der Waals surface area contributed by atoms with Crippen LogP contribution in [0.25, 0.3) is 0 Å². The van der Waals surface area contributed by atoms with Crippen molar-refractivity contribution in [1.82, 2.24) is 9.80 Å². The van der Waals surface area contributed by atoms with Gasteiger partial charge in [-0.2, -0.15) is 0 Å². The van der Waals surface area contributed by atoms with Gasteiger partial charge in [-0.1, -0.05) is 0 Å². The Labute approximate surface area is 100.0 Å². The largest absolute Gasteiger partial charge is 0.330 e. The summed E-state index contributed by atoms with van der Waals surface area (Å²) >= 11 is 0. The van der Waals surface area contributed by atoms with E-state index in [4.69, 9.17) is 5.73 Å². The Kier molecular flexibility index (Phi) is 3.57. The summed E-state index contributed by atoms with van der Waals surface area (Å²) in [5.41, 5.74) is 6.09. The molecular weight excluding hydrogens is 198 g/mol. The van der Waals surface area contributed by atoms with Gasteiger partial charge in [0.2, 0.25) is 0 Å². The van der Waals surface area contributed by atoms with E-state index in [2.05, 4.69) is 30.6 Å².